The van der Waals surface area contributed by atoms with Crippen molar-refractivity contribution in [2.45, 2.75) is 38.1 Å². The van der Waals surface area contributed by atoms with Crippen molar-refractivity contribution in [1.82, 2.24) is 25.1 Å². The van der Waals surface area contributed by atoms with Crippen molar-refractivity contribution in [1.29, 1.82) is 0 Å². The molecule has 0 radical (unpaired) electrons. The number of nitrogens with zero attached hydrogens (tertiary/aromatic N) is 4. The highest BCUT2D eigenvalue weighted by Gasteiger charge is 2.51. The molecule has 10 heteroatoms. The Morgan fingerprint density at radius 1 is 1.00 bits per heavy atom. The number of piperazine rings is 1. The minimum Gasteiger partial charge on any atom is -0.497 e. The van der Waals surface area contributed by atoms with Gasteiger partial charge in [-0.25, -0.2) is 19.2 Å². The van der Waals surface area contributed by atoms with Gasteiger partial charge in [0.15, 0.2) is 0 Å². The minimum absolute atomic E-state index is 0.0431. The molecule has 0 spiro atoms. The monoisotopic (exact) mass is 559 g/mol. The lowest BCUT2D eigenvalue weighted by Gasteiger charge is -2.55. The molecule has 41 heavy (non-hydrogen) atoms. The molecule has 2 heterocycles. The molecule has 5 rings (SSSR count). The highest BCUT2D eigenvalue weighted by atomic mass is 19.1. The first-order valence-corrected chi connectivity index (χ1v) is 13.6. The molecular formula is C31H34FN5O4. The normalized spacial score (nSPS) is 20.0. The van der Waals surface area contributed by atoms with Gasteiger partial charge in [0, 0.05) is 20.0 Å². The molecule has 0 saturated carbocycles. The number of hydrazine groups is 1. The van der Waals surface area contributed by atoms with Gasteiger partial charge in [0.2, 0.25) is 11.8 Å². The molecule has 4 amide bonds. The lowest BCUT2D eigenvalue weighted by molar-refractivity contribution is -0.189. The summed E-state index contributed by atoms with van der Waals surface area (Å²) >= 11 is 0. The number of methoxy groups -OCH3 is 1. The maximum Gasteiger partial charge on any atom is 0.334 e. The van der Waals surface area contributed by atoms with E-state index in [0.29, 0.717) is 6.42 Å². The van der Waals surface area contributed by atoms with E-state index >= 15 is 0 Å². The summed E-state index contributed by atoms with van der Waals surface area (Å²) in [6, 6.07) is 21.4. The van der Waals surface area contributed by atoms with Gasteiger partial charge in [-0.1, -0.05) is 54.6 Å². The van der Waals surface area contributed by atoms with E-state index in [0.717, 1.165) is 22.4 Å². The van der Waals surface area contributed by atoms with E-state index in [1.54, 1.807) is 41.1 Å². The Morgan fingerprint density at radius 2 is 1.68 bits per heavy atom. The first kappa shape index (κ1) is 28.1. The van der Waals surface area contributed by atoms with Crippen LogP contribution in [0, 0.1) is 5.82 Å². The van der Waals surface area contributed by atoms with Gasteiger partial charge in [0.25, 0.3) is 0 Å². The summed E-state index contributed by atoms with van der Waals surface area (Å²) in [5, 5.41) is 6.09. The van der Waals surface area contributed by atoms with Crippen LogP contribution in [-0.2, 0) is 22.6 Å². The Balaban J connectivity index is 1.45. The van der Waals surface area contributed by atoms with Crippen molar-refractivity contribution in [3.05, 3.63) is 101 Å². The van der Waals surface area contributed by atoms with Crippen LogP contribution in [0.5, 0.6) is 5.75 Å². The van der Waals surface area contributed by atoms with E-state index in [4.69, 9.17) is 4.74 Å². The first-order valence-electron chi connectivity index (χ1n) is 13.6. The van der Waals surface area contributed by atoms with Crippen LogP contribution >= 0.6 is 0 Å². The lowest BCUT2D eigenvalue weighted by atomic mass is 9.96. The van der Waals surface area contributed by atoms with Gasteiger partial charge in [-0.3, -0.25) is 9.59 Å². The summed E-state index contributed by atoms with van der Waals surface area (Å²) < 4.78 is 18.9. The number of hydrogen-bond donors (Lipinski definition) is 1. The molecule has 9 nitrogen and oxygen atoms in total. The average Bonchev–Trinajstić information content (AvgIpc) is 2.98. The topological polar surface area (TPSA) is 85.4 Å². The van der Waals surface area contributed by atoms with Crippen molar-refractivity contribution in [2.24, 2.45) is 0 Å². The Morgan fingerprint density at radius 3 is 2.34 bits per heavy atom. The molecule has 3 aromatic rings. The standard InChI is InChI=1S/C31H34FN5O4/c1-21(24-11-13-25(32)14-12-24)35-19-28-36(27(30(35)39)17-22-7-5-4-6-8-22)29(38)20-34(2)37(28)31(40)33-18-23-9-15-26(41-3)16-10-23/h4-16,21,27-28H,17-20H2,1-3H3,(H,33,40)/t21?,27-,28?/m0/s1. The van der Waals surface area contributed by atoms with E-state index in [2.05, 4.69) is 5.32 Å². The fourth-order valence-corrected chi connectivity index (χ4v) is 5.57. The summed E-state index contributed by atoms with van der Waals surface area (Å²) in [5.74, 6) is -0.0755. The highest BCUT2D eigenvalue weighted by Crippen LogP contribution is 2.32. The first-order chi connectivity index (χ1) is 19.8. The number of carbonyl (C=O) groups is 3. The number of ether oxygens (including phenoxy) is 1. The van der Waals surface area contributed by atoms with Crippen LogP contribution in [0.3, 0.4) is 0 Å². The van der Waals surface area contributed by atoms with Gasteiger partial charge in [-0.05, 0) is 47.9 Å². The summed E-state index contributed by atoms with van der Waals surface area (Å²) in [6.45, 7) is 2.21. The van der Waals surface area contributed by atoms with Crippen LogP contribution in [0.25, 0.3) is 0 Å². The van der Waals surface area contributed by atoms with E-state index in [9.17, 15) is 18.8 Å². The number of rotatable bonds is 7. The van der Waals surface area contributed by atoms with E-state index in [1.807, 2.05) is 61.5 Å². The zero-order valence-corrected chi connectivity index (χ0v) is 23.4. The largest absolute Gasteiger partial charge is 0.497 e. The third-order valence-electron chi connectivity index (χ3n) is 7.79. The minimum atomic E-state index is -0.808. The summed E-state index contributed by atoms with van der Waals surface area (Å²) in [4.78, 5) is 44.4. The number of nitrogens with one attached hydrogen (secondary N) is 1. The predicted octanol–water partition coefficient (Wildman–Crippen LogP) is 3.58. The molecule has 214 valence electrons. The van der Waals surface area contributed by atoms with Gasteiger partial charge in [-0.15, -0.1) is 0 Å². The molecule has 2 saturated heterocycles. The number of halogens is 1. The smallest absolute Gasteiger partial charge is 0.334 e. The Kier molecular flexibility index (Phi) is 8.21. The van der Waals surface area contributed by atoms with Crippen molar-refractivity contribution < 1.29 is 23.5 Å². The van der Waals surface area contributed by atoms with Crippen molar-refractivity contribution in [3.63, 3.8) is 0 Å². The van der Waals surface area contributed by atoms with Crippen LogP contribution in [0.2, 0.25) is 0 Å². The average molecular weight is 560 g/mol. The molecule has 2 aliphatic rings. The molecule has 1 N–H and O–H groups in total. The second-order valence-corrected chi connectivity index (χ2v) is 10.4. The van der Waals surface area contributed by atoms with Crippen LogP contribution < -0.4 is 10.1 Å². The predicted molar refractivity (Wildman–Crippen MR) is 151 cm³/mol. The third kappa shape index (κ3) is 5.88. The number of urea groups is 1. The fourth-order valence-electron chi connectivity index (χ4n) is 5.57. The van der Waals surface area contributed by atoms with Crippen LogP contribution in [-0.4, -0.2) is 77.1 Å². The molecule has 0 aromatic heterocycles. The highest BCUT2D eigenvalue weighted by molar-refractivity contribution is 5.92. The molecule has 3 atom stereocenters. The zero-order chi connectivity index (χ0) is 29.1. The lowest BCUT2D eigenvalue weighted by Crippen LogP contribution is -2.76. The molecule has 2 unspecified atom stereocenters. The molecular weight excluding hydrogens is 525 g/mol. The molecule has 0 aliphatic carbocycles. The van der Waals surface area contributed by atoms with E-state index in [-0.39, 0.29) is 43.3 Å². The van der Waals surface area contributed by atoms with Crippen LogP contribution in [0.4, 0.5) is 9.18 Å². The molecule has 2 fully saturated rings. The number of amides is 4. The third-order valence-corrected chi connectivity index (χ3v) is 7.79. The van der Waals surface area contributed by atoms with Gasteiger partial charge >= 0.3 is 6.03 Å². The van der Waals surface area contributed by atoms with Crippen molar-refractivity contribution in [3.8, 4) is 5.75 Å². The van der Waals surface area contributed by atoms with Crippen molar-refractivity contribution >= 4 is 17.8 Å². The second kappa shape index (κ2) is 12.0. The number of fused-ring (bicyclic) bond motifs is 1. The Bertz CT molecular complexity index is 1390. The van der Waals surface area contributed by atoms with Gasteiger partial charge < -0.3 is 19.9 Å². The Hall–Kier alpha value is -4.44. The van der Waals surface area contributed by atoms with Crippen LogP contribution in [0.15, 0.2) is 78.9 Å². The molecule has 0 bridgehead atoms. The maximum absolute atomic E-state index is 14.0. The number of likely N-dealkylation sites (N-methyl/N-ethyl adjacent to an activating group) is 1. The summed E-state index contributed by atoms with van der Waals surface area (Å²) in [6.07, 6.45) is -0.425. The fraction of sp³-hybridized carbons (Fsp3) is 0.323. The van der Waals surface area contributed by atoms with E-state index < -0.39 is 18.2 Å². The second-order valence-electron chi connectivity index (χ2n) is 10.4. The van der Waals surface area contributed by atoms with Crippen molar-refractivity contribution in [2.75, 3.05) is 27.2 Å². The zero-order valence-electron chi connectivity index (χ0n) is 23.4. The van der Waals surface area contributed by atoms with Crippen LogP contribution in [0.1, 0.15) is 29.7 Å². The maximum atomic E-state index is 14.0. The summed E-state index contributed by atoms with van der Waals surface area (Å²) in [7, 11) is 3.29. The van der Waals surface area contributed by atoms with Gasteiger partial charge in [0.05, 0.1) is 26.2 Å². The van der Waals surface area contributed by atoms with Gasteiger partial charge in [0.1, 0.15) is 23.8 Å². The quantitative estimate of drug-likeness (QED) is 0.479. The van der Waals surface area contributed by atoms with Gasteiger partial charge in [-0.2, -0.15) is 0 Å². The summed E-state index contributed by atoms with van der Waals surface area (Å²) in [5.41, 5.74) is 2.56. The Labute approximate surface area is 239 Å². The van der Waals surface area contributed by atoms with E-state index in [1.165, 1.54) is 17.1 Å². The SMILES string of the molecule is COc1ccc(CNC(=O)N2C3CN(C(C)c4ccc(F)cc4)C(=O)[C@H](Cc4ccccc4)N3C(=O)CN2C)cc1. The number of benzene rings is 3. The molecule has 3 aromatic carbocycles. The number of carbonyl (C=O) groups excluding carboxylic acids is 3. The number of hydrogen-bond acceptors (Lipinski definition) is 5. The molecule has 2 aliphatic heterocycles.